The van der Waals surface area contributed by atoms with E-state index in [1.165, 1.54) is 0 Å². The lowest BCUT2D eigenvalue weighted by atomic mass is 9.79. The Morgan fingerprint density at radius 2 is 1.58 bits per heavy atom. The SMILES string of the molecule is CC(C)(C)CC(=O)OSc1ccc(B2OC(C)(C)C(C)(C)O2)cc1. The van der Waals surface area contributed by atoms with Crippen molar-refractivity contribution in [2.45, 2.75) is 71.0 Å². The molecule has 1 aliphatic rings. The third-order valence-electron chi connectivity index (χ3n) is 4.31. The summed E-state index contributed by atoms with van der Waals surface area (Å²) in [6, 6.07) is 7.72. The highest BCUT2D eigenvalue weighted by molar-refractivity contribution is 7.95. The zero-order chi connectivity index (χ0) is 18.2. The molecule has 0 amide bonds. The normalized spacial score (nSPS) is 19.4. The fourth-order valence-corrected chi connectivity index (χ4v) is 2.71. The molecule has 1 heterocycles. The molecule has 1 aliphatic heterocycles. The molecule has 2 rings (SSSR count). The van der Waals surface area contributed by atoms with Crippen LogP contribution in [0.4, 0.5) is 0 Å². The maximum Gasteiger partial charge on any atom is 0.494 e. The van der Waals surface area contributed by atoms with Crippen molar-refractivity contribution in [2.24, 2.45) is 5.41 Å². The standard InChI is InChI=1S/C18H27BO4S/c1-16(2,3)12-15(20)21-24-14-10-8-13(9-11-14)19-22-17(4,5)18(6,7)23-19/h8-11H,12H2,1-7H3. The molecule has 4 nitrogen and oxygen atoms in total. The second-order valence-electron chi connectivity index (χ2n) is 8.43. The number of rotatable bonds is 4. The van der Waals surface area contributed by atoms with Crippen LogP contribution in [-0.4, -0.2) is 24.3 Å². The molecular formula is C18H27BO4S. The molecule has 1 fully saturated rings. The van der Waals surface area contributed by atoms with E-state index in [9.17, 15) is 4.79 Å². The third kappa shape index (κ3) is 4.77. The lowest BCUT2D eigenvalue weighted by molar-refractivity contribution is -0.134. The van der Waals surface area contributed by atoms with Crippen molar-refractivity contribution in [1.29, 1.82) is 0 Å². The molecule has 1 saturated heterocycles. The molecule has 0 bridgehead atoms. The topological polar surface area (TPSA) is 44.8 Å². The molecular weight excluding hydrogens is 323 g/mol. The first-order valence-electron chi connectivity index (χ1n) is 8.23. The van der Waals surface area contributed by atoms with Gasteiger partial charge in [0.05, 0.1) is 29.7 Å². The highest BCUT2D eigenvalue weighted by Crippen LogP contribution is 2.36. The van der Waals surface area contributed by atoms with E-state index in [4.69, 9.17) is 13.5 Å². The summed E-state index contributed by atoms with van der Waals surface area (Å²) in [5.41, 5.74) is 0.179. The first-order valence-corrected chi connectivity index (χ1v) is 8.97. The maximum atomic E-state index is 11.8. The number of hydrogen-bond donors (Lipinski definition) is 0. The van der Waals surface area contributed by atoms with E-state index in [1.54, 1.807) is 0 Å². The fourth-order valence-electron chi connectivity index (χ4n) is 2.22. The van der Waals surface area contributed by atoms with Crippen molar-refractivity contribution >= 4 is 30.6 Å². The van der Waals surface area contributed by atoms with Gasteiger partial charge in [0.2, 0.25) is 0 Å². The van der Waals surface area contributed by atoms with Crippen LogP contribution in [0, 0.1) is 5.41 Å². The molecule has 0 aromatic heterocycles. The minimum Gasteiger partial charge on any atom is -0.399 e. The Morgan fingerprint density at radius 1 is 1.08 bits per heavy atom. The van der Waals surface area contributed by atoms with Gasteiger partial charge in [0.1, 0.15) is 0 Å². The molecule has 0 atom stereocenters. The van der Waals surface area contributed by atoms with Crippen LogP contribution in [-0.2, 0) is 18.3 Å². The van der Waals surface area contributed by atoms with Crippen molar-refractivity contribution in [2.75, 3.05) is 0 Å². The van der Waals surface area contributed by atoms with Crippen LogP contribution in [0.1, 0.15) is 54.9 Å². The second kappa shape index (κ2) is 6.73. The van der Waals surface area contributed by atoms with Gasteiger partial charge in [0.25, 0.3) is 0 Å². The zero-order valence-electron chi connectivity index (χ0n) is 15.6. The quantitative estimate of drug-likeness (QED) is 0.607. The Hall–Kier alpha value is -0.975. The van der Waals surface area contributed by atoms with Crippen LogP contribution < -0.4 is 5.46 Å². The summed E-state index contributed by atoms with van der Waals surface area (Å²) in [5.74, 6) is -0.206. The molecule has 1 aromatic rings. The Morgan fingerprint density at radius 3 is 2.04 bits per heavy atom. The van der Waals surface area contributed by atoms with Crippen LogP contribution in [0.5, 0.6) is 0 Å². The first-order chi connectivity index (χ1) is 10.9. The molecule has 0 spiro atoms. The van der Waals surface area contributed by atoms with Crippen LogP contribution >= 0.6 is 12.0 Å². The largest absolute Gasteiger partial charge is 0.494 e. The third-order valence-corrected chi connectivity index (χ3v) is 5.04. The van der Waals surface area contributed by atoms with Crippen molar-refractivity contribution in [1.82, 2.24) is 0 Å². The van der Waals surface area contributed by atoms with Gasteiger partial charge in [-0.05, 0) is 50.7 Å². The van der Waals surface area contributed by atoms with Crippen LogP contribution in [0.25, 0.3) is 0 Å². The molecule has 6 heteroatoms. The molecule has 24 heavy (non-hydrogen) atoms. The molecule has 0 unspecified atom stereocenters. The van der Waals surface area contributed by atoms with E-state index in [0.717, 1.165) is 22.4 Å². The number of carbonyl (C=O) groups is 1. The van der Waals surface area contributed by atoms with Gasteiger partial charge < -0.3 is 13.5 Å². The van der Waals surface area contributed by atoms with Gasteiger partial charge in [-0.25, -0.2) is 0 Å². The van der Waals surface area contributed by atoms with Gasteiger partial charge in [-0.2, -0.15) is 0 Å². The Labute approximate surface area is 150 Å². The van der Waals surface area contributed by atoms with Crippen molar-refractivity contribution in [3.8, 4) is 0 Å². The molecule has 0 radical (unpaired) electrons. The van der Waals surface area contributed by atoms with E-state index in [1.807, 2.05) is 72.7 Å². The summed E-state index contributed by atoms with van der Waals surface area (Å²) in [4.78, 5) is 12.6. The summed E-state index contributed by atoms with van der Waals surface area (Å²) in [6.07, 6.45) is 0.395. The van der Waals surface area contributed by atoms with E-state index in [-0.39, 0.29) is 29.7 Å². The maximum absolute atomic E-state index is 11.8. The molecule has 0 N–H and O–H groups in total. The second-order valence-corrected chi connectivity index (χ2v) is 9.24. The lowest BCUT2D eigenvalue weighted by Gasteiger charge is -2.32. The number of hydrogen-bond acceptors (Lipinski definition) is 5. The van der Waals surface area contributed by atoms with Crippen LogP contribution in [0.15, 0.2) is 29.2 Å². The number of carbonyl (C=O) groups excluding carboxylic acids is 1. The fraction of sp³-hybridized carbons (Fsp3) is 0.611. The van der Waals surface area contributed by atoms with Crippen molar-refractivity contribution in [3.05, 3.63) is 24.3 Å². The van der Waals surface area contributed by atoms with E-state index >= 15 is 0 Å². The number of benzene rings is 1. The molecule has 1 aromatic carbocycles. The van der Waals surface area contributed by atoms with Crippen molar-refractivity contribution in [3.63, 3.8) is 0 Å². The highest BCUT2D eigenvalue weighted by Gasteiger charge is 2.51. The van der Waals surface area contributed by atoms with Crippen LogP contribution in [0.2, 0.25) is 0 Å². The Bertz CT molecular complexity index is 574. The average molecular weight is 350 g/mol. The van der Waals surface area contributed by atoms with Gasteiger partial charge in [-0.15, -0.1) is 0 Å². The van der Waals surface area contributed by atoms with Gasteiger partial charge in [0.15, 0.2) is 0 Å². The summed E-state index contributed by atoms with van der Waals surface area (Å²) < 4.78 is 17.3. The van der Waals surface area contributed by atoms with E-state index < -0.39 is 0 Å². The predicted octanol–water partition coefficient (Wildman–Crippen LogP) is 3.97. The van der Waals surface area contributed by atoms with Gasteiger partial charge >= 0.3 is 13.1 Å². The molecule has 0 saturated carbocycles. The van der Waals surface area contributed by atoms with E-state index in [2.05, 4.69) is 0 Å². The predicted molar refractivity (Wildman–Crippen MR) is 98.2 cm³/mol. The highest BCUT2D eigenvalue weighted by atomic mass is 32.2. The Kier molecular flexibility index (Phi) is 5.43. The van der Waals surface area contributed by atoms with Gasteiger partial charge in [-0.3, -0.25) is 4.79 Å². The molecule has 132 valence electrons. The van der Waals surface area contributed by atoms with Crippen molar-refractivity contribution < 1.29 is 18.3 Å². The van der Waals surface area contributed by atoms with Gasteiger partial charge in [0, 0.05) is 4.90 Å². The average Bonchev–Trinajstić information content (AvgIpc) is 2.64. The molecule has 0 aliphatic carbocycles. The summed E-state index contributed by atoms with van der Waals surface area (Å²) in [7, 11) is -0.377. The lowest BCUT2D eigenvalue weighted by Crippen LogP contribution is -2.41. The van der Waals surface area contributed by atoms with Crippen LogP contribution in [0.3, 0.4) is 0 Å². The minimum absolute atomic E-state index is 0.0712. The Balaban J connectivity index is 1.94. The summed E-state index contributed by atoms with van der Waals surface area (Å²) >= 11 is 1.09. The first kappa shape index (κ1) is 19.4. The van der Waals surface area contributed by atoms with E-state index in [0.29, 0.717) is 6.42 Å². The van der Waals surface area contributed by atoms with Gasteiger partial charge in [-0.1, -0.05) is 32.9 Å². The summed E-state index contributed by atoms with van der Waals surface area (Å²) in [6.45, 7) is 14.2. The summed E-state index contributed by atoms with van der Waals surface area (Å²) in [5, 5.41) is 0. The zero-order valence-corrected chi connectivity index (χ0v) is 16.5. The smallest absolute Gasteiger partial charge is 0.399 e. The minimum atomic E-state index is -0.377. The monoisotopic (exact) mass is 350 g/mol.